The first-order chi connectivity index (χ1) is 8.24. The molecule has 0 aliphatic heterocycles. The van der Waals surface area contributed by atoms with Crippen LogP contribution in [0.2, 0.25) is 0 Å². The fraction of sp³-hybridized carbons (Fsp3) is 0.214. The zero-order valence-corrected chi connectivity index (χ0v) is 9.68. The predicted molar refractivity (Wildman–Crippen MR) is 67.7 cm³/mol. The van der Waals surface area contributed by atoms with Gasteiger partial charge in [-0.25, -0.2) is 0 Å². The lowest BCUT2D eigenvalue weighted by Crippen LogP contribution is -2.08. The van der Waals surface area contributed by atoms with Crippen molar-refractivity contribution in [2.75, 3.05) is 7.11 Å². The van der Waals surface area contributed by atoms with E-state index in [0.717, 1.165) is 22.1 Å². The van der Waals surface area contributed by atoms with E-state index in [1.54, 1.807) is 7.11 Å². The summed E-state index contributed by atoms with van der Waals surface area (Å²) >= 11 is 0. The maximum Gasteiger partial charge on any atom is 0.119 e. The molecular formula is C14H14N2O. The van der Waals surface area contributed by atoms with Gasteiger partial charge in [0.2, 0.25) is 0 Å². The minimum atomic E-state index is -0.216. The maximum absolute atomic E-state index is 8.63. The highest BCUT2D eigenvalue weighted by molar-refractivity contribution is 5.84. The summed E-state index contributed by atoms with van der Waals surface area (Å²) in [6.07, 6.45) is 0.335. The van der Waals surface area contributed by atoms with Crippen LogP contribution in [-0.2, 0) is 0 Å². The number of ether oxygens (including phenoxy) is 1. The van der Waals surface area contributed by atoms with E-state index in [1.807, 2.05) is 36.4 Å². The molecule has 0 aromatic heterocycles. The smallest absolute Gasteiger partial charge is 0.119 e. The van der Waals surface area contributed by atoms with Gasteiger partial charge in [-0.2, -0.15) is 5.26 Å². The molecule has 3 heteroatoms. The molecule has 0 heterocycles. The number of methoxy groups -OCH3 is 1. The van der Waals surface area contributed by atoms with Gasteiger partial charge in [0.05, 0.1) is 19.6 Å². The summed E-state index contributed by atoms with van der Waals surface area (Å²) in [5.74, 6) is 0.839. The second-order valence-corrected chi connectivity index (χ2v) is 3.94. The molecule has 0 fully saturated rings. The Kier molecular flexibility index (Phi) is 3.27. The van der Waals surface area contributed by atoms with Gasteiger partial charge < -0.3 is 10.5 Å². The van der Waals surface area contributed by atoms with Crippen molar-refractivity contribution < 1.29 is 4.74 Å². The lowest BCUT2D eigenvalue weighted by Gasteiger charge is -2.09. The molecule has 2 aromatic carbocycles. The highest BCUT2D eigenvalue weighted by Crippen LogP contribution is 2.24. The van der Waals surface area contributed by atoms with Gasteiger partial charge in [0.15, 0.2) is 0 Å². The first-order valence-corrected chi connectivity index (χ1v) is 5.45. The van der Waals surface area contributed by atoms with Crippen LogP contribution in [0, 0.1) is 11.3 Å². The van der Waals surface area contributed by atoms with E-state index >= 15 is 0 Å². The van der Waals surface area contributed by atoms with Crippen LogP contribution in [0.4, 0.5) is 0 Å². The molecule has 0 bridgehead atoms. The van der Waals surface area contributed by atoms with Gasteiger partial charge in [-0.1, -0.05) is 18.2 Å². The lowest BCUT2D eigenvalue weighted by molar-refractivity contribution is 0.415. The van der Waals surface area contributed by atoms with Crippen LogP contribution in [0.3, 0.4) is 0 Å². The van der Waals surface area contributed by atoms with Crippen molar-refractivity contribution in [1.29, 1.82) is 5.26 Å². The number of nitriles is 1. The second-order valence-electron chi connectivity index (χ2n) is 3.94. The minimum absolute atomic E-state index is 0.216. The Bertz CT molecular complexity index is 572. The summed E-state index contributed by atoms with van der Waals surface area (Å²) in [6.45, 7) is 0. The monoisotopic (exact) mass is 226 g/mol. The molecular weight excluding hydrogens is 212 g/mol. The Morgan fingerprint density at radius 2 is 1.94 bits per heavy atom. The highest BCUT2D eigenvalue weighted by Gasteiger charge is 2.06. The second kappa shape index (κ2) is 4.86. The predicted octanol–water partition coefficient (Wildman–Crippen LogP) is 2.76. The van der Waals surface area contributed by atoms with E-state index in [9.17, 15) is 0 Å². The quantitative estimate of drug-likeness (QED) is 0.875. The summed E-state index contributed by atoms with van der Waals surface area (Å²) in [7, 11) is 1.65. The molecule has 2 rings (SSSR count). The van der Waals surface area contributed by atoms with E-state index in [4.69, 9.17) is 15.7 Å². The van der Waals surface area contributed by atoms with Gasteiger partial charge in [-0.05, 0) is 34.5 Å². The normalized spacial score (nSPS) is 12.1. The molecule has 86 valence electrons. The van der Waals surface area contributed by atoms with Crippen LogP contribution >= 0.6 is 0 Å². The zero-order valence-electron chi connectivity index (χ0n) is 9.68. The third-order valence-corrected chi connectivity index (χ3v) is 2.81. The van der Waals surface area contributed by atoms with Crippen molar-refractivity contribution in [3.63, 3.8) is 0 Å². The fourth-order valence-corrected chi connectivity index (χ4v) is 1.82. The third-order valence-electron chi connectivity index (χ3n) is 2.81. The van der Waals surface area contributed by atoms with Crippen LogP contribution in [-0.4, -0.2) is 7.11 Å². The standard InChI is InChI=1S/C14H14N2O/c1-17-13-5-4-10-8-12(14(16)6-7-15)3-2-11(10)9-13/h2-5,8-9,14H,6,16H2,1H3/t14-/m1/s1. The topological polar surface area (TPSA) is 59.0 Å². The van der Waals surface area contributed by atoms with Crippen molar-refractivity contribution in [2.24, 2.45) is 5.73 Å². The van der Waals surface area contributed by atoms with Crippen LogP contribution in [0.5, 0.6) is 5.75 Å². The molecule has 0 unspecified atom stereocenters. The number of hydrogen-bond acceptors (Lipinski definition) is 3. The summed E-state index contributed by atoms with van der Waals surface area (Å²) in [5.41, 5.74) is 6.90. The van der Waals surface area contributed by atoms with Gasteiger partial charge in [-0.3, -0.25) is 0 Å². The van der Waals surface area contributed by atoms with E-state index < -0.39 is 0 Å². The number of benzene rings is 2. The Hall–Kier alpha value is -2.05. The van der Waals surface area contributed by atoms with E-state index in [1.165, 1.54) is 0 Å². The fourth-order valence-electron chi connectivity index (χ4n) is 1.82. The zero-order chi connectivity index (χ0) is 12.3. The van der Waals surface area contributed by atoms with Gasteiger partial charge >= 0.3 is 0 Å². The Labute approximate surface area is 100 Å². The molecule has 1 atom stereocenters. The molecule has 17 heavy (non-hydrogen) atoms. The van der Waals surface area contributed by atoms with E-state index in [-0.39, 0.29) is 6.04 Å². The average Bonchev–Trinajstić information content (AvgIpc) is 2.37. The first kappa shape index (κ1) is 11.4. The molecule has 2 aromatic rings. The molecule has 0 saturated heterocycles. The number of nitrogens with two attached hydrogens (primary N) is 1. The van der Waals surface area contributed by atoms with Crippen molar-refractivity contribution in [1.82, 2.24) is 0 Å². The van der Waals surface area contributed by atoms with Crippen LogP contribution in [0.1, 0.15) is 18.0 Å². The number of fused-ring (bicyclic) bond motifs is 1. The molecule has 0 radical (unpaired) electrons. The largest absolute Gasteiger partial charge is 0.497 e. The lowest BCUT2D eigenvalue weighted by atomic mass is 10.0. The average molecular weight is 226 g/mol. The molecule has 0 saturated carbocycles. The van der Waals surface area contributed by atoms with Crippen molar-refractivity contribution in [3.8, 4) is 11.8 Å². The van der Waals surface area contributed by atoms with Gasteiger partial charge in [-0.15, -0.1) is 0 Å². The van der Waals surface area contributed by atoms with Crippen LogP contribution in [0.15, 0.2) is 36.4 Å². The number of nitrogens with zero attached hydrogens (tertiary/aromatic N) is 1. The Morgan fingerprint density at radius 3 is 2.65 bits per heavy atom. The Balaban J connectivity index is 2.42. The number of rotatable bonds is 3. The van der Waals surface area contributed by atoms with Gasteiger partial charge in [0, 0.05) is 6.04 Å². The van der Waals surface area contributed by atoms with Crippen LogP contribution < -0.4 is 10.5 Å². The molecule has 0 aliphatic carbocycles. The summed E-state index contributed by atoms with van der Waals surface area (Å²) in [4.78, 5) is 0. The SMILES string of the molecule is COc1ccc2cc([C@H](N)CC#N)ccc2c1. The summed E-state index contributed by atoms with van der Waals surface area (Å²) in [5, 5.41) is 10.8. The van der Waals surface area contributed by atoms with E-state index in [2.05, 4.69) is 6.07 Å². The minimum Gasteiger partial charge on any atom is -0.497 e. The Morgan fingerprint density at radius 1 is 1.24 bits per heavy atom. The third kappa shape index (κ3) is 2.38. The number of hydrogen-bond donors (Lipinski definition) is 1. The summed E-state index contributed by atoms with van der Waals surface area (Å²) in [6, 6.07) is 13.8. The van der Waals surface area contributed by atoms with Crippen LogP contribution in [0.25, 0.3) is 10.8 Å². The summed E-state index contributed by atoms with van der Waals surface area (Å²) < 4.78 is 5.17. The van der Waals surface area contributed by atoms with Gasteiger partial charge in [0.25, 0.3) is 0 Å². The maximum atomic E-state index is 8.63. The molecule has 2 N–H and O–H groups in total. The molecule has 3 nitrogen and oxygen atoms in total. The first-order valence-electron chi connectivity index (χ1n) is 5.45. The molecule has 0 spiro atoms. The molecule has 0 amide bonds. The van der Waals surface area contributed by atoms with Crippen molar-refractivity contribution >= 4 is 10.8 Å². The molecule has 0 aliphatic rings. The van der Waals surface area contributed by atoms with Crippen molar-refractivity contribution in [2.45, 2.75) is 12.5 Å². The van der Waals surface area contributed by atoms with Crippen molar-refractivity contribution in [3.05, 3.63) is 42.0 Å². The van der Waals surface area contributed by atoms with Gasteiger partial charge in [0.1, 0.15) is 5.75 Å². The highest BCUT2D eigenvalue weighted by atomic mass is 16.5. The van der Waals surface area contributed by atoms with E-state index in [0.29, 0.717) is 6.42 Å².